The monoisotopic (exact) mass is 359 g/mol. The predicted molar refractivity (Wildman–Crippen MR) is 94.0 cm³/mol. The Labute approximate surface area is 150 Å². The minimum absolute atomic E-state index is 0.0388. The molecule has 0 saturated carbocycles. The molecule has 2 aromatic carbocycles. The first-order valence-electron chi connectivity index (χ1n) is 8.01. The lowest BCUT2D eigenvalue weighted by molar-refractivity contribution is -0.138. The first-order chi connectivity index (χ1) is 12.0. The highest BCUT2D eigenvalue weighted by Crippen LogP contribution is 2.30. The number of carbonyl (C=O) groups is 2. The molecule has 6 heteroatoms. The van der Waals surface area contributed by atoms with Crippen LogP contribution in [0.4, 0.5) is 0 Å². The van der Waals surface area contributed by atoms with Crippen molar-refractivity contribution in [1.29, 1.82) is 0 Å². The molecule has 0 saturated heterocycles. The van der Waals surface area contributed by atoms with Crippen LogP contribution in [0.3, 0.4) is 0 Å². The van der Waals surface area contributed by atoms with Crippen LogP contribution in [0.25, 0.3) is 0 Å². The van der Waals surface area contributed by atoms with Crippen LogP contribution < -0.4 is 10.1 Å². The van der Waals surface area contributed by atoms with Crippen molar-refractivity contribution in [1.82, 2.24) is 5.32 Å². The van der Waals surface area contributed by atoms with Crippen LogP contribution in [0.5, 0.6) is 5.75 Å². The second kappa shape index (κ2) is 7.57. The fourth-order valence-electron chi connectivity index (χ4n) is 2.91. The number of benzene rings is 2. The first kappa shape index (κ1) is 17.3. The van der Waals surface area contributed by atoms with Gasteiger partial charge in [-0.05, 0) is 35.7 Å². The number of hydrogen-bond donors (Lipinski definition) is 2. The fraction of sp³-hybridized carbons (Fsp3) is 0.263. The molecule has 3 rings (SSSR count). The van der Waals surface area contributed by atoms with Crippen molar-refractivity contribution in [3.8, 4) is 5.75 Å². The van der Waals surface area contributed by atoms with Crippen LogP contribution in [-0.4, -0.2) is 30.1 Å². The molecule has 130 valence electrons. The quantitative estimate of drug-likeness (QED) is 0.860. The van der Waals surface area contributed by atoms with Gasteiger partial charge in [-0.3, -0.25) is 9.59 Å². The molecule has 0 spiro atoms. The molecule has 2 atom stereocenters. The summed E-state index contributed by atoms with van der Waals surface area (Å²) in [5, 5.41) is 12.8. The second-order valence-corrected chi connectivity index (χ2v) is 6.45. The van der Waals surface area contributed by atoms with Crippen LogP contribution in [0, 0.1) is 5.92 Å². The van der Waals surface area contributed by atoms with E-state index in [1.165, 1.54) is 0 Å². The third-order valence-corrected chi connectivity index (χ3v) is 4.52. The van der Waals surface area contributed by atoms with Gasteiger partial charge in [0.15, 0.2) is 0 Å². The van der Waals surface area contributed by atoms with Crippen LogP contribution in [0.15, 0.2) is 48.5 Å². The summed E-state index contributed by atoms with van der Waals surface area (Å²) in [4.78, 5) is 23.9. The van der Waals surface area contributed by atoms with Crippen LogP contribution in [0.1, 0.15) is 17.0 Å². The number of halogens is 1. The van der Waals surface area contributed by atoms with Crippen molar-refractivity contribution in [2.45, 2.75) is 12.3 Å². The molecule has 0 aliphatic carbocycles. The number of nitrogens with one attached hydrogen (secondary N) is 1. The second-order valence-electron chi connectivity index (χ2n) is 6.01. The Morgan fingerprint density at radius 1 is 1.24 bits per heavy atom. The molecule has 5 nitrogen and oxygen atoms in total. The average molecular weight is 360 g/mol. The zero-order valence-electron chi connectivity index (χ0n) is 13.4. The number of fused-ring (bicyclic) bond motifs is 1. The van der Waals surface area contributed by atoms with Gasteiger partial charge >= 0.3 is 5.97 Å². The van der Waals surface area contributed by atoms with Gasteiger partial charge in [0.05, 0.1) is 11.8 Å². The van der Waals surface area contributed by atoms with Crippen molar-refractivity contribution in [2.75, 3.05) is 13.2 Å². The molecule has 1 aliphatic heterocycles. The van der Waals surface area contributed by atoms with Crippen molar-refractivity contribution in [3.63, 3.8) is 0 Å². The van der Waals surface area contributed by atoms with E-state index >= 15 is 0 Å². The predicted octanol–water partition coefficient (Wildman–Crippen LogP) is 2.88. The van der Waals surface area contributed by atoms with Gasteiger partial charge < -0.3 is 15.2 Å². The van der Waals surface area contributed by atoms with Crippen molar-refractivity contribution in [2.24, 2.45) is 5.92 Å². The molecular formula is C19H18ClNO4. The average Bonchev–Trinajstić information content (AvgIpc) is 2.61. The number of ether oxygens (including phenoxy) is 1. The molecule has 2 unspecified atom stereocenters. The van der Waals surface area contributed by atoms with Crippen molar-refractivity contribution >= 4 is 23.5 Å². The van der Waals surface area contributed by atoms with E-state index < -0.39 is 11.9 Å². The highest BCUT2D eigenvalue weighted by molar-refractivity contribution is 6.30. The van der Waals surface area contributed by atoms with Crippen LogP contribution in [0.2, 0.25) is 5.02 Å². The van der Waals surface area contributed by atoms with Crippen LogP contribution in [-0.2, 0) is 16.0 Å². The first-order valence-corrected chi connectivity index (χ1v) is 8.39. The Bertz CT molecular complexity index is 778. The Kier molecular flexibility index (Phi) is 5.24. The number of rotatable bonds is 5. The van der Waals surface area contributed by atoms with Gasteiger partial charge in [-0.2, -0.15) is 0 Å². The molecule has 0 aromatic heterocycles. The third-order valence-electron chi connectivity index (χ3n) is 4.28. The molecule has 0 fully saturated rings. The van der Waals surface area contributed by atoms with E-state index in [1.807, 2.05) is 6.07 Å². The maximum absolute atomic E-state index is 12.4. The molecule has 1 aliphatic rings. The summed E-state index contributed by atoms with van der Waals surface area (Å²) < 4.78 is 5.62. The van der Waals surface area contributed by atoms with Gasteiger partial charge in [-0.15, -0.1) is 0 Å². The zero-order valence-corrected chi connectivity index (χ0v) is 14.2. The fourth-order valence-corrected chi connectivity index (χ4v) is 3.11. The number of hydrogen-bond acceptors (Lipinski definition) is 3. The molecule has 0 radical (unpaired) electrons. The van der Waals surface area contributed by atoms with Crippen molar-refractivity contribution in [3.05, 3.63) is 64.7 Å². The number of aliphatic carboxylic acids is 1. The highest BCUT2D eigenvalue weighted by atomic mass is 35.5. The number of carboxylic acid groups (broad SMARTS) is 1. The summed E-state index contributed by atoms with van der Waals surface area (Å²) in [7, 11) is 0. The van der Waals surface area contributed by atoms with Gasteiger partial charge in [0, 0.05) is 11.6 Å². The van der Waals surface area contributed by atoms with E-state index in [4.69, 9.17) is 16.3 Å². The largest absolute Gasteiger partial charge is 0.492 e. The minimum Gasteiger partial charge on any atom is -0.492 e. The highest BCUT2D eigenvalue weighted by Gasteiger charge is 2.28. The lowest BCUT2D eigenvalue weighted by Crippen LogP contribution is -2.40. The van der Waals surface area contributed by atoms with Gasteiger partial charge in [-0.1, -0.05) is 41.9 Å². The molecule has 2 N–H and O–H groups in total. The molecular weight excluding hydrogens is 342 g/mol. The molecule has 0 bridgehead atoms. The Balaban J connectivity index is 1.63. The summed E-state index contributed by atoms with van der Waals surface area (Å²) >= 11 is 5.99. The number of amides is 1. The third kappa shape index (κ3) is 4.12. The smallest absolute Gasteiger partial charge is 0.312 e. The summed E-state index contributed by atoms with van der Waals surface area (Å²) in [5.41, 5.74) is 1.55. The zero-order chi connectivity index (χ0) is 17.8. The minimum atomic E-state index is -0.969. The van der Waals surface area contributed by atoms with Crippen LogP contribution >= 0.6 is 11.6 Å². The number of carboxylic acids is 1. The van der Waals surface area contributed by atoms with E-state index in [2.05, 4.69) is 5.32 Å². The van der Waals surface area contributed by atoms with E-state index in [-0.39, 0.29) is 25.0 Å². The molecule has 2 aromatic rings. The van der Waals surface area contributed by atoms with Gasteiger partial charge in [0.1, 0.15) is 12.4 Å². The molecule has 1 amide bonds. The van der Waals surface area contributed by atoms with E-state index in [1.54, 1.807) is 42.5 Å². The lowest BCUT2D eigenvalue weighted by atomic mass is 9.95. The maximum atomic E-state index is 12.4. The van der Waals surface area contributed by atoms with Gasteiger partial charge in [0.25, 0.3) is 0 Å². The Hall–Kier alpha value is -2.53. The Morgan fingerprint density at radius 2 is 2.00 bits per heavy atom. The lowest BCUT2D eigenvalue weighted by Gasteiger charge is -2.25. The normalized spacial score (nSPS) is 17.1. The van der Waals surface area contributed by atoms with Crippen molar-refractivity contribution < 1.29 is 19.4 Å². The molecule has 25 heavy (non-hydrogen) atoms. The summed E-state index contributed by atoms with van der Waals surface area (Å²) in [5.74, 6) is -1.59. The SMILES string of the molecule is O=C(NCC(C(=O)O)c1ccccc1)C1COc2ccc(Cl)cc2C1. The molecule has 1 heterocycles. The van der Waals surface area contributed by atoms with E-state index in [9.17, 15) is 14.7 Å². The maximum Gasteiger partial charge on any atom is 0.312 e. The summed E-state index contributed by atoms with van der Waals surface area (Å²) in [6, 6.07) is 14.2. The summed E-state index contributed by atoms with van der Waals surface area (Å²) in [6.07, 6.45) is 0.519. The van der Waals surface area contributed by atoms with E-state index in [0.717, 1.165) is 11.3 Å². The van der Waals surface area contributed by atoms with Gasteiger partial charge in [0.2, 0.25) is 5.91 Å². The Morgan fingerprint density at radius 3 is 2.72 bits per heavy atom. The topological polar surface area (TPSA) is 75.6 Å². The van der Waals surface area contributed by atoms with Gasteiger partial charge in [-0.25, -0.2) is 0 Å². The van der Waals surface area contributed by atoms with E-state index in [0.29, 0.717) is 17.0 Å². The number of carbonyl (C=O) groups excluding carboxylic acids is 1. The summed E-state index contributed by atoms with van der Waals surface area (Å²) in [6.45, 7) is 0.306. The standard InChI is InChI=1S/C19H18ClNO4/c20-15-6-7-17-13(9-15)8-14(11-25-17)18(22)21-10-16(19(23)24)12-4-2-1-3-5-12/h1-7,9,14,16H,8,10-11H2,(H,21,22)(H,23,24).